The Morgan fingerprint density at radius 1 is 1.23 bits per heavy atom. The Hall–Kier alpha value is -1.86. The van der Waals surface area contributed by atoms with Crippen LogP contribution < -0.4 is 0 Å². The summed E-state index contributed by atoms with van der Waals surface area (Å²) in [6.07, 6.45) is 2.33. The summed E-state index contributed by atoms with van der Waals surface area (Å²) in [5.41, 5.74) is 0.569. The minimum absolute atomic E-state index is 0.0470. The van der Waals surface area contributed by atoms with Crippen LogP contribution in [0, 0.1) is 13.8 Å². The Morgan fingerprint density at radius 2 is 2.00 bits per heavy atom. The number of aryl methyl sites for hydroxylation is 2. The molecular weight excluding hydrogens is 336 g/mol. The number of carbonyl (C=O) groups excluding carboxylic acids is 2. The number of ether oxygens (including phenoxy) is 2. The Morgan fingerprint density at radius 3 is 2.62 bits per heavy atom. The van der Waals surface area contributed by atoms with Crippen LogP contribution in [0.1, 0.15) is 41.1 Å². The Labute approximate surface area is 154 Å². The molecule has 0 spiro atoms. The molecule has 0 bridgehead atoms. The topological polar surface area (TPSA) is 72.2 Å². The smallest absolute Gasteiger partial charge is 0.257 e. The highest BCUT2D eigenvalue weighted by Gasteiger charge is 2.27. The number of hydrogen-bond acceptors (Lipinski definition) is 5. The molecule has 0 radical (unpaired) electrons. The molecule has 26 heavy (non-hydrogen) atoms. The minimum Gasteiger partial charge on any atom is -0.466 e. The number of carbonyl (C=O) groups is 2. The molecule has 0 aliphatic carbocycles. The molecular formula is C19H28N2O5. The van der Waals surface area contributed by atoms with Crippen LogP contribution >= 0.6 is 0 Å². The summed E-state index contributed by atoms with van der Waals surface area (Å²) in [7, 11) is 0. The molecule has 2 aliphatic rings. The van der Waals surface area contributed by atoms with E-state index in [9.17, 15) is 9.59 Å². The van der Waals surface area contributed by atoms with Gasteiger partial charge in [-0.3, -0.25) is 9.59 Å². The van der Waals surface area contributed by atoms with E-state index in [0.29, 0.717) is 62.9 Å². The molecule has 3 rings (SSSR count). The number of amides is 2. The van der Waals surface area contributed by atoms with Crippen LogP contribution in [-0.2, 0) is 14.3 Å². The van der Waals surface area contributed by atoms with E-state index in [2.05, 4.69) is 0 Å². The highest BCUT2D eigenvalue weighted by molar-refractivity contribution is 5.95. The summed E-state index contributed by atoms with van der Waals surface area (Å²) in [5.74, 6) is 1.31. The zero-order chi connectivity index (χ0) is 18.5. The summed E-state index contributed by atoms with van der Waals surface area (Å²) < 4.78 is 16.5. The molecule has 0 aromatic carbocycles. The summed E-state index contributed by atoms with van der Waals surface area (Å²) in [6.45, 7) is 7.67. The van der Waals surface area contributed by atoms with Crippen molar-refractivity contribution in [2.45, 2.75) is 39.2 Å². The van der Waals surface area contributed by atoms with Crippen molar-refractivity contribution in [3.63, 3.8) is 0 Å². The zero-order valence-corrected chi connectivity index (χ0v) is 15.7. The molecule has 0 saturated carbocycles. The Kier molecular flexibility index (Phi) is 6.32. The van der Waals surface area contributed by atoms with Crippen LogP contribution in [0.4, 0.5) is 0 Å². The number of morpholine rings is 1. The van der Waals surface area contributed by atoms with Crippen molar-refractivity contribution in [1.29, 1.82) is 0 Å². The second-order valence-corrected chi connectivity index (χ2v) is 6.96. The molecule has 0 N–H and O–H groups in total. The third-order valence-electron chi connectivity index (χ3n) is 4.97. The van der Waals surface area contributed by atoms with E-state index in [1.807, 2.05) is 11.8 Å². The van der Waals surface area contributed by atoms with Crippen LogP contribution in [0.15, 0.2) is 10.5 Å². The van der Waals surface area contributed by atoms with Gasteiger partial charge in [0.25, 0.3) is 5.91 Å². The first-order valence-electron chi connectivity index (χ1n) is 9.38. The van der Waals surface area contributed by atoms with Crippen molar-refractivity contribution >= 4 is 11.8 Å². The van der Waals surface area contributed by atoms with Crippen LogP contribution in [-0.4, -0.2) is 73.7 Å². The fourth-order valence-corrected chi connectivity index (χ4v) is 3.52. The van der Waals surface area contributed by atoms with Crippen molar-refractivity contribution in [2.24, 2.45) is 0 Å². The molecule has 2 saturated heterocycles. The maximum atomic E-state index is 13.0. The average molecular weight is 364 g/mol. The van der Waals surface area contributed by atoms with Gasteiger partial charge in [-0.25, -0.2) is 0 Å². The highest BCUT2D eigenvalue weighted by Crippen LogP contribution is 2.19. The lowest BCUT2D eigenvalue weighted by molar-refractivity contribution is -0.135. The van der Waals surface area contributed by atoms with Gasteiger partial charge in [-0.1, -0.05) is 0 Å². The van der Waals surface area contributed by atoms with Crippen molar-refractivity contribution in [3.8, 4) is 0 Å². The summed E-state index contributed by atoms with van der Waals surface area (Å²) in [4.78, 5) is 29.0. The van der Waals surface area contributed by atoms with E-state index in [1.165, 1.54) is 0 Å². The van der Waals surface area contributed by atoms with Crippen molar-refractivity contribution in [3.05, 3.63) is 23.2 Å². The van der Waals surface area contributed by atoms with Gasteiger partial charge in [0.05, 0.1) is 24.9 Å². The van der Waals surface area contributed by atoms with Gasteiger partial charge in [-0.05, 0) is 32.8 Å². The maximum Gasteiger partial charge on any atom is 0.257 e. The summed E-state index contributed by atoms with van der Waals surface area (Å²) in [5, 5.41) is 0. The molecule has 2 fully saturated rings. The number of rotatable bonds is 6. The number of nitrogens with zero attached hydrogens (tertiary/aromatic N) is 2. The van der Waals surface area contributed by atoms with Crippen LogP contribution in [0.2, 0.25) is 0 Å². The first-order valence-corrected chi connectivity index (χ1v) is 9.38. The van der Waals surface area contributed by atoms with E-state index in [0.717, 1.165) is 19.4 Å². The van der Waals surface area contributed by atoms with Crippen molar-refractivity contribution < 1.29 is 23.5 Å². The fraction of sp³-hybridized carbons (Fsp3) is 0.684. The van der Waals surface area contributed by atoms with Crippen molar-refractivity contribution in [1.82, 2.24) is 9.80 Å². The van der Waals surface area contributed by atoms with Crippen LogP contribution in [0.3, 0.4) is 0 Å². The first-order chi connectivity index (χ1) is 12.5. The first kappa shape index (κ1) is 18.9. The molecule has 2 amide bonds. The lowest BCUT2D eigenvalue weighted by atomic mass is 10.1. The van der Waals surface area contributed by atoms with E-state index >= 15 is 0 Å². The molecule has 0 unspecified atom stereocenters. The Balaban J connectivity index is 1.65. The SMILES string of the molecule is Cc1cc(C(=O)N(CCC(=O)N2CCOCC2)C[C@@H]2CCCO2)c(C)o1. The van der Waals surface area contributed by atoms with Gasteiger partial charge < -0.3 is 23.7 Å². The highest BCUT2D eigenvalue weighted by atomic mass is 16.5. The standard InChI is InChI=1S/C19H28N2O5/c1-14-12-17(15(2)26-14)19(23)21(13-16-4-3-9-25-16)6-5-18(22)20-7-10-24-11-8-20/h12,16H,3-11,13H2,1-2H3/t16-/m0/s1. The summed E-state index contributed by atoms with van der Waals surface area (Å²) in [6, 6.07) is 1.77. The van der Waals surface area contributed by atoms with Gasteiger partial charge in [0.1, 0.15) is 11.5 Å². The van der Waals surface area contributed by atoms with Gasteiger partial charge in [0.2, 0.25) is 5.91 Å². The van der Waals surface area contributed by atoms with Gasteiger partial charge in [0, 0.05) is 39.2 Å². The predicted molar refractivity (Wildman–Crippen MR) is 95.1 cm³/mol. The van der Waals surface area contributed by atoms with E-state index < -0.39 is 0 Å². The van der Waals surface area contributed by atoms with Gasteiger partial charge in [-0.2, -0.15) is 0 Å². The van der Waals surface area contributed by atoms with Gasteiger partial charge in [0.15, 0.2) is 0 Å². The average Bonchev–Trinajstić information content (AvgIpc) is 3.27. The third kappa shape index (κ3) is 4.65. The molecule has 144 valence electrons. The normalized spacial score (nSPS) is 20.4. The minimum atomic E-state index is -0.0929. The number of furan rings is 1. The van der Waals surface area contributed by atoms with Crippen LogP contribution in [0.5, 0.6) is 0 Å². The fourth-order valence-electron chi connectivity index (χ4n) is 3.52. The Bertz CT molecular complexity index is 630. The molecule has 3 heterocycles. The predicted octanol–water partition coefficient (Wildman–Crippen LogP) is 1.77. The quantitative estimate of drug-likeness (QED) is 0.769. The maximum absolute atomic E-state index is 13.0. The van der Waals surface area contributed by atoms with Gasteiger partial charge >= 0.3 is 0 Å². The van der Waals surface area contributed by atoms with E-state index in [-0.39, 0.29) is 17.9 Å². The lowest BCUT2D eigenvalue weighted by Crippen LogP contribution is -2.44. The van der Waals surface area contributed by atoms with E-state index in [1.54, 1.807) is 17.9 Å². The van der Waals surface area contributed by atoms with Crippen LogP contribution in [0.25, 0.3) is 0 Å². The third-order valence-corrected chi connectivity index (χ3v) is 4.97. The number of hydrogen-bond donors (Lipinski definition) is 0. The van der Waals surface area contributed by atoms with Gasteiger partial charge in [-0.15, -0.1) is 0 Å². The molecule has 7 heteroatoms. The largest absolute Gasteiger partial charge is 0.466 e. The molecule has 7 nitrogen and oxygen atoms in total. The van der Waals surface area contributed by atoms with E-state index in [4.69, 9.17) is 13.9 Å². The summed E-state index contributed by atoms with van der Waals surface area (Å²) >= 11 is 0. The lowest BCUT2D eigenvalue weighted by Gasteiger charge is -2.29. The molecule has 2 aliphatic heterocycles. The molecule has 1 aromatic heterocycles. The second kappa shape index (κ2) is 8.68. The van der Waals surface area contributed by atoms with Crippen molar-refractivity contribution in [2.75, 3.05) is 46.0 Å². The second-order valence-electron chi connectivity index (χ2n) is 6.96. The monoisotopic (exact) mass is 364 g/mol. The molecule has 1 atom stereocenters. The zero-order valence-electron chi connectivity index (χ0n) is 15.7. The molecule has 1 aromatic rings.